The van der Waals surface area contributed by atoms with Crippen LogP contribution in [0.15, 0.2) is 42.5 Å². The van der Waals surface area contributed by atoms with Crippen molar-refractivity contribution in [2.45, 2.75) is 33.7 Å². The molecule has 0 spiro atoms. The van der Waals surface area contributed by atoms with Gasteiger partial charge in [-0.25, -0.2) is 0 Å². The summed E-state index contributed by atoms with van der Waals surface area (Å²) in [5.41, 5.74) is 3.54. The number of amides is 1. The molecule has 1 unspecified atom stereocenters. The maximum atomic E-state index is 11.9. The number of hydrogen-bond donors (Lipinski definition) is 1. The van der Waals surface area contributed by atoms with Crippen LogP contribution >= 0.6 is 0 Å². The lowest BCUT2D eigenvalue weighted by atomic mass is 10.1. The minimum absolute atomic E-state index is 0.00261. The van der Waals surface area contributed by atoms with Gasteiger partial charge in [0, 0.05) is 0 Å². The quantitative estimate of drug-likeness (QED) is 0.845. The average molecular weight is 327 g/mol. The summed E-state index contributed by atoms with van der Waals surface area (Å²) in [5.74, 6) is 1.35. The van der Waals surface area contributed by atoms with Gasteiger partial charge in [0.15, 0.2) is 6.61 Å². The second-order valence-corrected chi connectivity index (χ2v) is 6.13. The maximum absolute atomic E-state index is 11.9. The Bertz CT molecular complexity index is 680. The van der Waals surface area contributed by atoms with Crippen molar-refractivity contribution in [1.82, 2.24) is 5.32 Å². The molecule has 1 atom stereocenters. The molecular formula is C20H25NO3. The van der Waals surface area contributed by atoms with E-state index < -0.39 is 0 Å². The lowest BCUT2D eigenvalue weighted by Gasteiger charge is -2.15. The molecule has 0 heterocycles. The number of hydrogen-bond acceptors (Lipinski definition) is 3. The van der Waals surface area contributed by atoms with Crippen LogP contribution in [0.25, 0.3) is 0 Å². The topological polar surface area (TPSA) is 47.6 Å². The average Bonchev–Trinajstić information content (AvgIpc) is 2.55. The van der Waals surface area contributed by atoms with Gasteiger partial charge in [0.05, 0.1) is 6.04 Å². The van der Waals surface area contributed by atoms with Crippen molar-refractivity contribution in [1.29, 1.82) is 0 Å². The molecule has 2 aromatic rings. The fourth-order valence-corrected chi connectivity index (χ4v) is 2.17. The molecule has 0 radical (unpaired) electrons. The van der Waals surface area contributed by atoms with E-state index in [-0.39, 0.29) is 18.6 Å². The summed E-state index contributed by atoms with van der Waals surface area (Å²) in [5, 5.41) is 2.87. The summed E-state index contributed by atoms with van der Waals surface area (Å²) in [4.78, 5) is 11.9. The van der Waals surface area contributed by atoms with Gasteiger partial charge in [-0.1, -0.05) is 23.8 Å². The van der Waals surface area contributed by atoms with Gasteiger partial charge >= 0.3 is 0 Å². The van der Waals surface area contributed by atoms with Crippen molar-refractivity contribution in [3.05, 3.63) is 59.2 Å². The van der Waals surface area contributed by atoms with E-state index in [1.807, 2.05) is 70.2 Å². The van der Waals surface area contributed by atoms with Crippen LogP contribution in [0.3, 0.4) is 0 Å². The van der Waals surface area contributed by atoms with Crippen LogP contribution in [-0.2, 0) is 4.79 Å². The number of ether oxygens (including phenoxy) is 2. The van der Waals surface area contributed by atoms with Gasteiger partial charge in [-0.15, -0.1) is 0 Å². The fourth-order valence-electron chi connectivity index (χ4n) is 2.17. The zero-order valence-corrected chi connectivity index (χ0v) is 14.8. The molecule has 0 aliphatic carbocycles. The SMILES string of the molecule is Cc1ccc(OCC(C)NC(=O)COc2ccc(C)c(C)c2)cc1. The summed E-state index contributed by atoms with van der Waals surface area (Å²) >= 11 is 0. The van der Waals surface area contributed by atoms with Gasteiger partial charge in [-0.3, -0.25) is 4.79 Å². The molecule has 0 fully saturated rings. The Kier molecular flexibility index (Phi) is 6.24. The van der Waals surface area contributed by atoms with Crippen molar-refractivity contribution < 1.29 is 14.3 Å². The first-order chi connectivity index (χ1) is 11.4. The van der Waals surface area contributed by atoms with E-state index in [2.05, 4.69) is 5.32 Å². The van der Waals surface area contributed by atoms with E-state index in [4.69, 9.17) is 9.47 Å². The number of aryl methyl sites for hydroxylation is 3. The third-order valence-electron chi connectivity index (χ3n) is 3.78. The van der Waals surface area contributed by atoms with Crippen molar-refractivity contribution in [3.8, 4) is 11.5 Å². The van der Waals surface area contributed by atoms with Gasteiger partial charge < -0.3 is 14.8 Å². The molecule has 4 nitrogen and oxygen atoms in total. The van der Waals surface area contributed by atoms with E-state index in [0.717, 1.165) is 11.3 Å². The number of carbonyl (C=O) groups is 1. The normalized spacial score (nSPS) is 11.7. The van der Waals surface area contributed by atoms with E-state index in [1.165, 1.54) is 11.1 Å². The minimum atomic E-state index is -0.159. The van der Waals surface area contributed by atoms with Gasteiger partial charge in [0.2, 0.25) is 0 Å². The molecule has 0 aromatic heterocycles. The van der Waals surface area contributed by atoms with Crippen LogP contribution in [0, 0.1) is 20.8 Å². The molecule has 1 amide bonds. The van der Waals surface area contributed by atoms with E-state index in [9.17, 15) is 4.79 Å². The Morgan fingerprint density at radius 1 is 0.958 bits per heavy atom. The van der Waals surface area contributed by atoms with Crippen LogP contribution < -0.4 is 14.8 Å². The lowest BCUT2D eigenvalue weighted by molar-refractivity contribution is -0.123. The Morgan fingerprint density at radius 2 is 1.62 bits per heavy atom. The summed E-state index contributed by atoms with van der Waals surface area (Å²) in [6.45, 7) is 8.41. The van der Waals surface area contributed by atoms with Gasteiger partial charge in [-0.05, 0) is 63.1 Å². The highest BCUT2D eigenvalue weighted by atomic mass is 16.5. The monoisotopic (exact) mass is 327 g/mol. The van der Waals surface area contributed by atoms with E-state index >= 15 is 0 Å². The molecule has 0 saturated heterocycles. The van der Waals surface area contributed by atoms with Crippen molar-refractivity contribution in [3.63, 3.8) is 0 Å². The molecule has 2 aromatic carbocycles. The molecule has 0 bridgehead atoms. The molecule has 128 valence electrons. The van der Waals surface area contributed by atoms with Crippen LogP contribution in [0.5, 0.6) is 11.5 Å². The standard InChI is InChI=1S/C20H25NO3/c1-14-5-8-18(9-6-14)23-12-17(4)21-20(22)13-24-19-10-7-15(2)16(3)11-19/h5-11,17H,12-13H2,1-4H3,(H,21,22). The first-order valence-corrected chi connectivity index (χ1v) is 8.13. The second kappa shape index (κ2) is 8.39. The molecule has 0 saturated carbocycles. The molecule has 24 heavy (non-hydrogen) atoms. The summed E-state index contributed by atoms with van der Waals surface area (Å²) < 4.78 is 11.2. The molecule has 1 N–H and O–H groups in total. The predicted molar refractivity (Wildman–Crippen MR) is 95.7 cm³/mol. The molecule has 4 heteroatoms. The highest BCUT2D eigenvalue weighted by Gasteiger charge is 2.09. The number of nitrogens with one attached hydrogen (secondary N) is 1. The van der Waals surface area contributed by atoms with E-state index in [1.54, 1.807) is 0 Å². The smallest absolute Gasteiger partial charge is 0.258 e. The summed E-state index contributed by atoms with van der Waals surface area (Å²) in [6, 6.07) is 13.5. The molecule has 0 aliphatic heterocycles. The predicted octanol–water partition coefficient (Wildman–Crippen LogP) is 3.57. The first kappa shape index (κ1) is 17.9. The third kappa shape index (κ3) is 5.61. The second-order valence-electron chi connectivity index (χ2n) is 6.13. The minimum Gasteiger partial charge on any atom is -0.491 e. The Morgan fingerprint density at radius 3 is 2.29 bits per heavy atom. The van der Waals surface area contributed by atoms with Crippen molar-refractivity contribution >= 4 is 5.91 Å². The summed E-state index contributed by atoms with van der Waals surface area (Å²) in [6.07, 6.45) is 0. The van der Waals surface area contributed by atoms with Crippen LogP contribution in [-0.4, -0.2) is 25.2 Å². The Labute approximate surface area is 143 Å². The van der Waals surface area contributed by atoms with Crippen LogP contribution in [0.4, 0.5) is 0 Å². The van der Waals surface area contributed by atoms with Gasteiger partial charge in [0.25, 0.3) is 5.91 Å². The zero-order chi connectivity index (χ0) is 17.5. The summed E-state index contributed by atoms with van der Waals surface area (Å²) in [7, 11) is 0. The van der Waals surface area contributed by atoms with Crippen LogP contribution in [0.1, 0.15) is 23.6 Å². The third-order valence-corrected chi connectivity index (χ3v) is 3.78. The lowest BCUT2D eigenvalue weighted by Crippen LogP contribution is -2.39. The maximum Gasteiger partial charge on any atom is 0.258 e. The van der Waals surface area contributed by atoms with Gasteiger partial charge in [0.1, 0.15) is 18.1 Å². The molecule has 2 rings (SSSR count). The molecular weight excluding hydrogens is 302 g/mol. The number of rotatable bonds is 7. The highest BCUT2D eigenvalue weighted by molar-refractivity contribution is 5.77. The zero-order valence-electron chi connectivity index (χ0n) is 14.8. The van der Waals surface area contributed by atoms with Crippen LogP contribution in [0.2, 0.25) is 0 Å². The largest absolute Gasteiger partial charge is 0.491 e. The first-order valence-electron chi connectivity index (χ1n) is 8.13. The highest BCUT2D eigenvalue weighted by Crippen LogP contribution is 2.16. The van der Waals surface area contributed by atoms with Gasteiger partial charge in [-0.2, -0.15) is 0 Å². The number of carbonyl (C=O) groups excluding carboxylic acids is 1. The van der Waals surface area contributed by atoms with Crippen molar-refractivity contribution in [2.75, 3.05) is 13.2 Å². The Balaban J connectivity index is 1.72. The van der Waals surface area contributed by atoms with E-state index in [0.29, 0.717) is 12.4 Å². The molecule has 0 aliphatic rings. The van der Waals surface area contributed by atoms with Crippen molar-refractivity contribution in [2.24, 2.45) is 0 Å². The number of benzene rings is 2. The Hall–Kier alpha value is -2.49. The fraction of sp³-hybridized carbons (Fsp3) is 0.350.